The summed E-state index contributed by atoms with van der Waals surface area (Å²) in [4.78, 5) is 0. The molecule has 0 radical (unpaired) electrons. The minimum atomic E-state index is -0.0894. The second kappa shape index (κ2) is 3.76. The largest absolute Gasteiger partial charge is 0.319 e. The summed E-state index contributed by atoms with van der Waals surface area (Å²) in [5, 5.41) is 6.86. The van der Waals surface area contributed by atoms with E-state index < -0.39 is 0 Å². The highest BCUT2D eigenvalue weighted by atomic mass is 15.1. The van der Waals surface area contributed by atoms with Gasteiger partial charge in [0.1, 0.15) is 0 Å². The maximum Gasteiger partial charge on any atom is 0.0720 e. The van der Waals surface area contributed by atoms with E-state index in [1.54, 1.807) is 6.20 Å². The van der Waals surface area contributed by atoms with Gasteiger partial charge in [0, 0.05) is 6.20 Å². The SMILES string of the molecule is NC(c1ccc2c(c1)CCC2)c1ccn[nH]1. The van der Waals surface area contributed by atoms with E-state index in [2.05, 4.69) is 28.4 Å². The van der Waals surface area contributed by atoms with Gasteiger partial charge in [-0.3, -0.25) is 5.10 Å². The van der Waals surface area contributed by atoms with Crippen molar-refractivity contribution in [2.75, 3.05) is 0 Å². The van der Waals surface area contributed by atoms with Gasteiger partial charge >= 0.3 is 0 Å². The van der Waals surface area contributed by atoms with Crippen LogP contribution < -0.4 is 5.73 Å². The number of aryl methyl sites for hydroxylation is 2. The molecule has 1 atom stereocenters. The molecule has 1 aliphatic rings. The van der Waals surface area contributed by atoms with Crippen molar-refractivity contribution in [3.8, 4) is 0 Å². The second-order valence-electron chi connectivity index (χ2n) is 4.37. The lowest BCUT2D eigenvalue weighted by atomic mass is 10.00. The van der Waals surface area contributed by atoms with Gasteiger partial charge in [0.05, 0.1) is 11.7 Å². The fraction of sp³-hybridized carbons (Fsp3) is 0.308. The Kier molecular flexibility index (Phi) is 2.26. The van der Waals surface area contributed by atoms with Crippen LogP contribution in [0.5, 0.6) is 0 Å². The molecular formula is C13H15N3. The van der Waals surface area contributed by atoms with Crippen molar-refractivity contribution in [2.45, 2.75) is 25.3 Å². The normalized spacial score (nSPS) is 16.1. The monoisotopic (exact) mass is 213 g/mol. The lowest BCUT2D eigenvalue weighted by Gasteiger charge is -2.11. The molecule has 0 amide bonds. The first kappa shape index (κ1) is 9.60. The molecule has 3 rings (SSSR count). The fourth-order valence-corrected chi connectivity index (χ4v) is 2.40. The van der Waals surface area contributed by atoms with Crippen molar-refractivity contribution in [2.24, 2.45) is 5.73 Å². The number of aromatic amines is 1. The Hall–Kier alpha value is -1.61. The first-order chi connectivity index (χ1) is 7.84. The summed E-state index contributed by atoms with van der Waals surface area (Å²) in [6.07, 6.45) is 5.43. The Morgan fingerprint density at radius 2 is 2.06 bits per heavy atom. The number of nitrogens with two attached hydrogens (primary N) is 1. The van der Waals surface area contributed by atoms with E-state index in [4.69, 9.17) is 5.73 Å². The third-order valence-electron chi connectivity index (χ3n) is 3.34. The van der Waals surface area contributed by atoms with Crippen LogP contribution in [-0.2, 0) is 12.8 Å². The Morgan fingerprint density at radius 3 is 2.88 bits per heavy atom. The number of aromatic nitrogens is 2. The zero-order valence-corrected chi connectivity index (χ0v) is 9.11. The van der Waals surface area contributed by atoms with E-state index in [0.29, 0.717) is 0 Å². The smallest absolute Gasteiger partial charge is 0.0720 e. The summed E-state index contributed by atoms with van der Waals surface area (Å²) in [5.41, 5.74) is 11.3. The van der Waals surface area contributed by atoms with Crippen LogP contribution in [0.2, 0.25) is 0 Å². The average molecular weight is 213 g/mol. The molecule has 1 heterocycles. The van der Waals surface area contributed by atoms with Crippen LogP contribution in [0.25, 0.3) is 0 Å². The summed E-state index contributed by atoms with van der Waals surface area (Å²) >= 11 is 0. The highest BCUT2D eigenvalue weighted by Crippen LogP contribution is 2.26. The Bertz CT molecular complexity index is 488. The lowest BCUT2D eigenvalue weighted by Crippen LogP contribution is -2.12. The number of nitrogens with zero attached hydrogens (tertiary/aromatic N) is 1. The molecule has 82 valence electrons. The van der Waals surface area contributed by atoms with Crippen molar-refractivity contribution in [3.05, 3.63) is 52.8 Å². The maximum absolute atomic E-state index is 6.18. The van der Waals surface area contributed by atoms with Gasteiger partial charge in [0.25, 0.3) is 0 Å². The molecule has 1 aromatic heterocycles. The molecule has 16 heavy (non-hydrogen) atoms. The first-order valence-electron chi connectivity index (χ1n) is 5.71. The Morgan fingerprint density at radius 1 is 1.19 bits per heavy atom. The number of hydrogen-bond donors (Lipinski definition) is 2. The predicted octanol–water partition coefficient (Wildman–Crippen LogP) is 1.95. The zero-order chi connectivity index (χ0) is 11.0. The molecule has 2 aromatic rings. The average Bonchev–Trinajstić information content (AvgIpc) is 2.98. The standard InChI is InChI=1S/C13H15N3/c14-13(12-6-7-15-16-12)11-5-4-9-2-1-3-10(9)8-11/h4-8,13H,1-3,14H2,(H,15,16). The third-order valence-corrected chi connectivity index (χ3v) is 3.34. The Balaban J connectivity index is 1.95. The number of rotatable bonds is 2. The summed E-state index contributed by atoms with van der Waals surface area (Å²) < 4.78 is 0. The molecule has 0 spiro atoms. The summed E-state index contributed by atoms with van der Waals surface area (Å²) in [5.74, 6) is 0. The van der Waals surface area contributed by atoms with Gasteiger partial charge in [-0.05, 0) is 42.0 Å². The molecule has 1 aromatic carbocycles. The number of H-pyrrole nitrogens is 1. The minimum Gasteiger partial charge on any atom is -0.319 e. The van der Waals surface area contributed by atoms with Gasteiger partial charge in [-0.2, -0.15) is 5.10 Å². The van der Waals surface area contributed by atoms with E-state index in [0.717, 1.165) is 5.69 Å². The molecule has 0 aliphatic heterocycles. The van der Waals surface area contributed by atoms with Gasteiger partial charge in [-0.1, -0.05) is 18.2 Å². The van der Waals surface area contributed by atoms with E-state index in [-0.39, 0.29) is 6.04 Å². The van der Waals surface area contributed by atoms with Gasteiger partial charge in [-0.25, -0.2) is 0 Å². The highest BCUT2D eigenvalue weighted by molar-refractivity contribution is 5.38. The zero-order valence-electron chi connectivity index (χ0n) is 9.11. The van der Waals surface area contributed by atoms with Crippen LogP contribution in [0.3, 0.4) is 0 Å². The molecular weight excluding hydrogens is 198 g/mol. The molecule has 0 saturated heterocycles. The summed E-state index contributed by atoms with van der Waals surface area (Å²) in [6, 6.07) is 8.43. The van der Waals surface area contributed by atoms with Gasteiger partial charge in [0.2, 0.25) is 0 Å². The number of nitrogens with one attached hydrogen (secondary N) is 1. The van der Waals surface area contributed by atoms with Crippen LogP contribution in [-0.4, -0.2) is 10.2 Å². The molecule has 3 heteroatoms. The van der Waals surface area contributed by atoms with Gasteiger partial charge in [0.15, 0.2) is 0 Å². The highest BCUT2D eigenvalue weighted by Gasteiger charge is 2.15. The van der Waals surface area contributed by atoms with Crippen molar-refractivity contribution >= 4 is 0 Å². The fourth-order valence-electron chi connectivity index (χ4n) is 2.40. The van der Waals surface area contributed by atoms with E-state index in [1.165, 1.54) is 36.0 Å². The van der Waals surface area contributed by atoms with Crippen molar-refractivity contribution in [3.63, 3.8) is 0 Å². The van der Waals surface area contributed by atoms with Crippen LogP contribution in [0, 0.1) is 0 Å². The van der Waals surface area contributed by atoms with E-state index in [1.807, 2.05) is 6.07 Å². The van der Waals surface area contributed by atoms with Crippen molar-refractivity contribution < 1.29 is 0 Å². The Labute approximate surface area is 94.7 Å². The van der Waals surface area contributed by atoms with Crippen molar-refractivity contribution in [1.29, 1.82) is 0 Å². The lowest BCUT2D eigenvalue weighted by molar-refractivity contribution is 0.814. The molecule has 0 saturated carbocycles. The van der Waals surface area contributed by atoms with Crippen LogP contribution in [0.1, 0.15) is 34.8 Å². The van der Waals surface area contributed by atoms with Crippen LogP contribution in [0.15, 0.2) is 30.5 Å². The number of hydrogen-bond acceptors (Lipinski definition) is 2. The van der Waals surface area contributed by atoms with E-state index >= 15 is 0 Å². The molecule has 1 aliphatic carbocycles. The number of benzene rings is 1. The third kappa shape index (κ3) is 1.53. The summed E-state index contributed by atoms with van der Waals surface area (Å²) in [7, 11) is 0. The minimum absolute atomic E-state index is 0.0894. The predicted molar refractivity (Wildman–Crippen MR) is 63.1 cm³/mol. The quantitative estimate of drug-likeness (QED) is 0.801. The first-order valence-corrected chi connectivity index (χ1v) is 5.71. The summed E-state index contributed by atoms with van der Waals surface area (Å²) in [6.45, 7) is 0. The van der Waals surface area contributed by atoms with E-state index in [9.17, 15) is 0 Å². The second-order valence-corrected chi connectivity index (χ2v) is 4.37. The molecule has 3 nitrogen and oxygen atoms in total. The van der Waals surface area contributed by atoms with Crippen LogP contribution in [0.4, 0.5) is 0 Å². The number of fused-ring (bicyclic) bond motifs is 1. The van der Waals surface area contributed by atoms with Gasteiger partial charge in [-0.15, -0.1) is 0 Å². The van der Waals surface area contributed by atoms with Crippen LogP contribution >= 0.6 is 0 Å². The maximum atomic E-state index is 6.18. The van der Waals surface area contributed by atoms with Crippen molar-refractivity contribution in [1.82, 2.24) is 10.2 Å². The molecule has 3 N–H and O–H groups in total. The topological polar surface area (TPSA) is 54.7 Å². The molecule has 1 unspecified atom stereocenters. The van der Waals surface area contributed by atoms with Gasteiger partial charge < -0.3 is 5.73 Å². The molecule has 0 fully saturated rings. The molecule has 0 bridgehead atoms.